The molecule has 1 aliphatic rings. The van der Waals surface area contributed by atoms with E-state index in [9.17, 15) is 0 Å². The zero-order chi connectivity index (χ0) is 10.8. The van der Waals surface area contributed by atoms with Crippen LogP contribution >= 0.6 is 0 Å². The monoisotopic (exact) mass is 217 g/mol. The maximum Gasteiger partial charge on any atom is 0.181 e. The zero-order valence-corrected chi connectivity index (χ0v) is 8.70. The molecule has 82 valence electrons. The Balaban J connectivity index is 1.97. The van der Waals surface area contributed by atoms with Gasteiger partial charge in [0.1, 0.15) is 17.7 Å². The number of rotatable bonds is 1. The highest BCUT2D eigenvalue weighted by atomic mass is 16.5. The number of ether oxygens (including phenoxy) is 1. The van der Waals surface area contributed by atoms with Crippen LogP contribution in [0.15, 0.2) is 18.7 Å². The van der Waals surface area contributed by atoms with Crippen LogP contribution in [0.1, 0.15) is 0 Å². The summed E-state index contributed by atoms with van der Waals surface area (Å²) in [6.07, 6.45) is 4.91. The Hall–Kier alpha value is -1.82. The van der Waals surface area contributed by atoms with Crippen LogP contribution in [-0.2, 0) is 4.74 Å². The van der Waals surface area contributed by atoms with E-state index in [-0.39, 0.29) is 0 Å². The second kappa shape index (κ2) is 3.97. The van der Waals surface area contributed by atoms with Gasteiger partial charge >= 0.3 is 0 Å². The SMILES string of the molecule is c1ncc2nc(N3CCOCC3)cnc2n1. The summed E-state index contributed by atoms with van der Waals surface area (Å²) in [4.78, 5) is 18.9. The van der Waals surface area contributed by atoms with Crippen molar-refractivity contribution in [2.75, 3.05) is 31.2 Å². The van der Waals surface area contributed by atoms with Crippen LogP contribution in [0.3, 0.4) is 0 Å². The molecule has 3 heterocycles. The second-order valence-electron chi connectivity index (χ2n) is 3.56. The summed E-state index contributed by atoms with van der Waals surface area (Å²) in [6.45, 7) is 3.19. The molecule has 1 saturated heterocycles. The molecule has 6 nitrogen and oxygen atoms in total. The quantitative estimate of drug-likeness (QED) is 0.682. The molecule has 2 aromatic rings. The summed E-state index contributed by atoms with van der Waals surface area (Å²) in [6, 6.07) is 0. The summed E-state index contributed by atoms with van der Waals surface area (Å²) in [5, 5.41) is 0. The number of fused-ring (bicyclic) bond motifs is 1. The number of aromatic nitrogens is 4. The third kappa shape index (κ3) is 1.67. The smallest absolute Gasteiger partial charge is 0.181 e. The van der Waals surface area contributed by atoms with E-state index in [0.717, 1.165) is 37.6 Å². The van der Waals surface area contributed by atoms with Crippen LogP contribution in [0.5, 0.6) is 0 Å². The summed E-state index contributed by atoms with van der Waals surface area (Å²) in [7, 11) is 0. The van der Waals surface area contributed by atoms with E-state index in [0.29, 0.717) is 5.65 Å². The first-order valence-corrected chi connectivity index (χ1v) is 5.19. The van der Waals surface area contributed by atoms with Crippen molar-refractivity contribution < 1.29 is 4.74 Å². The summed E-state index contributed by atoms with van der Waals surface area (Å²) in [5.41, 5.74) is 1.36. The first-order chi connectivity index (χ1) is 7.93. The van der Waals surface area contributed by atoms with Crippen molar-refractivity contribution in [2.45, 2.75) is 0 Å². The molecular weight excluding hydrogens is 206 g/mol. The number of hydrogen-bond acceptors (Lipinski definition) is 6. The predicted molar refractivity (Wildman–Crippen MR) is 58.2 cm³/mol. The second-order valence-corrected chi connectivity index (χ2v) is 3.56. The largest absolute Gasteiger partial charge is 0.378 e. The average molecular weight is 217 g/mol. The fourth-order valence-electron chi connectivity index (χ4n) is 1.71. The van der Waals surface area contributed by atoms with E-state index in [4.69, 9.17) is 4.74 Å². The highest BCUT2D eigenvalue weighted by molar-refractivity contribution is 5.69. The van der Waals surface area contributed by atoms with Gasteiger partial charge in [0.25, 0.3) is 0 Å². The molecule has 2 aromatic heterocycles. The third-order valence-electron chi connectivity index (χ3n) is 2.54. The molecule has 0 atom stereocenters. The first kappa shape index (κ1) is 9.41. The van der Waals surface area contributed by atoms with Crippen molar-refractivity contribution in [3.63, 3.8) is 0 Å². The van der Waals surface area contributed by atoms with Gasteiger partial charge in [0.05, 0.1) is 25.6 Å². The summed E-state index contributed by atoms with van der Waals surface area (Å²) in [5.74, 6) is 0.866. The first-order valence-electron chi connectivity index (χ1n) is 5.19. The predicted octanol–water partition coefficient (Wildman–Crippen LogP) is 0.256. The van der Waals surface area contributed by atoms with E-state index in [1.807, 2.05) is 0 Å². The van der Waals surface area contributed by atoms with Crippen molar-refractivity contribution in [1.29, 1.82) is 0 Å². The zero-order valence-electron chi connectivity index (χ0n) is 8.70. The van der Waals surface area contributed by atoms with E-state index >= 15 is 0 Å². The Kier molecular flexibility index (Phi) is 2.34. The number of hydrogen-bond donors (Lipinski definition) is 0. The van der Waals surface area contributed by atoms with Gasteiger partial charge < -0.3 is 9.64 Å². The van der Waals surface area contributed by atoms with Crippen LogP contribution in [0.2, 0.25) is 0 Å². The van der Waals surface area contributed by atoms with Crippen LogP contribution in [-0.4, -0.2) is 46.2 Å². The molecule has 1 aliphatic heterocycles. The van der Waals surface area contributed by atoms with Gasteiger partial charge in [-0.1, -0.05) is 0 Å². The number of nitrogens with zero attached hydrogens (tertiary/aromatic N) is 5. The van der Waals surface area contributed by atoms with E-state index in [1.54, 1.807) is 12.4 Å². The molecule has 3 rings (SSSR count). The van der Waals surface area contributed by atoms with Gasteiger partial charge in [-0.05, 0) is 0 Å². The maximum absolute atomic E-state index is 5.29. The van der Waals surface area contributed by atoms with Gasteiger partial charge in [-0.25, -0.2) is 19.9 Å². The Bertz CT molecular complexity index is 497. The van der Waals surface area contributed by atoms with Crippen LogP contribution in [0.25, 0.3) is 11.2 Å². The molecule has 0 radical (unpaired) electrons. The Morgan fingerprint density at radius 2 is 2.00 bits per heavy atom. The Labute approximate surface area is 92.3 Å². The molecule has 0 spiro atoms. The lowest BCUT2D eigenvalue weighted by Gasteiger charge is -2.27. The molecule has 0 bridgehead atoms. The fourth-order valence-corrected chi connectivity index (χ4v) is 1.71. The molecule has 6 heteroatoms. The highest BCUT2D eigenvalue weighted by Crippen LogP contribution is 2.14. The van der Waals surface area contributed by atoms with Crippen LogP contribution in [0, 0.1) is 0 Å². The lowest BCUT2D eigenvalue weighted by molar-refractivity contribution is 0.122. The van der Waals surface area contributed by atoms with Gasteiger partial charge in [-0.15, -0.1) is 0 Å². The normalized spacial score (nSPS) is 16.6. The van der Waals surface area contributed by atoms with Crippen molar-refractivity contribution in [3.05, 3.63) is 18.7 Å². The molecule has 0 saturated carbocycles. The van der Waals surface area contributed by atoms with Crippen molar-refractivity contribution in [3.8, 4) is 0 Å². The highest BCUT2D eigenvalue weighted by Gasteiger charge is 2.13. The van der Waals surface area contributed by atoms with Crippen molar-refractivity contribution >= 4 is 17.0 Å². The molecule has 0 aliphatic carbocycles. The minimum absolute atomic E-state index is 0.631. The summed E-state index contributed by atoms with van der Waals surface area (Å²) < 4.78 is 5.29. The third-order valence-corrected chi connectivity index (χ3v) is 2.54. The van der Waals surface area contributed by atoms with Gasteiger partial charge in [-0.3, -0.25) is 0 Å². The molecule has 0 aromatic carbocycles. The molecule has 0 unspecified atom stereocenters. The fraction of sp³-hybridized carbons (Fsp3) is 0.400. The topological polar surface area (TPSA) is 64.0 Å². The minimum atomic E-state index is 0.631. The van der Waals surface area contributed by atoms with Crippen molar-refractivity contribution in [2.24, 2.45) is 0 Å². The molecule has 0 amide bonds. The lowest BCUT2D eigenvalue weighted by Crippen LogP contribution is -2.36. The van der Waals surface area contributed by atoms with Crippen LogP contribution in [0.4, 0.5) is 5.82 Å². The van der Waals surface area contributed by atoms with E-state index in [2.05, 4.69) is 24.8 Å². The standard InChI is InChI=1S/C10H11N5O/c1-3-16-4-2-15(1)9-6-12-10-8(14-9)5-11-7-13-10/h5-7H,1-4H2. The molecular formula is C10H11N5O. The number of anilines is 1. The van der Waals surface area contributed by atoms with E-state index < -0.39 is 0 Å². The minimum Gasteiger partial charge on any atom is -0.378 e. The average Bonchev–Trinajstić information content (AvgIpc) is 2.39. The Morgan fingerprint density at radius 1 is 1.12 bits per heavy atom. The maximum atomic E-state index is 5.29. The molecule has 1 fully saturated rings. The molecule has 16 heavy (non-hydrogen) atoms. The number of morpholine rings is 1. The van der Waals surface area contributed by atoms with Gasteiger partial charge in [0, 0.05) is 13.1 Å². The summed E-state index contributed by atoms with van der Waals surface area (Å²) >= 11 is 0. The molecule has 0 N–H and O–H groups in total. The van der Waals surface area contributed by atoms with Gasteiger partial charge in [0.15, 0.2) is 5.65 Å². The van der Waals surface area contributed by atoms with Gasteiger partial charge in [0.2, 0.25) is 0 Å². The van der Waals surface area contributed by atoms with E-state index in [1.165, 1.54) is 6.33 Å². The van der Waals surface area contributed by atoms with Gasteiger partial charge in [-0.2, -0.15) is 0 Å². The van der Waals surface area contributed by atoms with Crippen LogP contribution < -0.4 is 4.90 Å². The lowest BCUT2D eigenvalue weighted by atomic mass is 10.4. The van der Waals surface area contributed by atoms with Crippen molar-refractivity contribution in [1.82, 2.24) is 19.9 Å². The Morgan fingerprint density at radius 3 is 2.88 bits per heavy atom.